The summed E-state index contributed by atoms with van der Waals surface area (Å²) < 4.78 is 5.89. The fourth-order valence-corrected chi connectivity index (χ4v) is 3.32. The van der Waals surface area contributed by atoms with Gasteiger partial charge in [-0.3, -0.25) is 10.1 Å². The second-order valence-corrected chi connectivity index (χ2v) is 6.81. The lowest BCUT2D eigenvalue weighted by Crippen LogP contribution is -2.39. The Morgan fingerprint density at radius 1 is 0.889 bits per heavy atom. The molecule has 0 fully saturated rings. The third-order valence-corrected chi connectivity index (χ3v) is 4.81. The number of furan rings is 1. The molecule has 0 bridgehead atoms. The average molecular weight is 358 g/mol. The van der Waals surface area contributed by atoms with Crippen LogP contribution in [0.2, 0.25) is 0 Å². The van der Waals surface area contributed by atoms with Crippen LogP contribution in [-0.2, 0) is 4.79 Å². The molecule has 1 heterocycles. The fraction of sp³-hybridized carbons (Fsp3) is 0.174. The summed E-state index contributed by atoms with van der Waals surface area (Å²) in [6.45, 7) is 3.86. The molecular formula is C23H22N2O2. The zero-order valence-electron chi connectivity index (χ0n) is 15.4. The normalized spacial score (nSPS) is 13.6. The Balaban J connectivity index is 1.47. The maximum atomic E-state index is 12.7. The molecule has 4 heteroatoms. The van der Waals surface area contributed by atoms with E-state index in [0.717, 1.165) is 33.2 Å². The minimum absolute atomic E-state index is 0.0747. The lowest BCUT2D eigenvalue weighted by molar-refractivity contribution is -0.117. The number of carbonyl (C=O) groups is 1. The fourth-order valence-electron chi connectivity index (χ4n) is 3.32. The number of rotatable bonds is 5. The average Bonchev–Trinajstić information content (AvgIpc) is 3.12. The Kier molecular flexibility index (Phi) is 4.65. The van der Waals surface area contributed by atoms with Crippen LogP contribution in [0.15, 0.2) is 77.2 Å². The zero-order chi connectivity index (χ0) is 18.8. The van der Waals surface area contributed by atoms with Crippen LogP contribution in [0.1, 0.15) is 25.6 Å². The van der Waals surface area contributed by atoms with E-state index >= 15 is 0 Å². The first-order chi connectivity index (χ1) is 13.1. The molecule has 4 rings (SSSR count). The van der Waals surface area contributed by atoms with Crippen LogP contribution in [0.4, 0.5) is 5.69 Å². The predicted molar refractivity (Wildman–Crippen MR) is 110 cm³/mol. The number of para-hydroxylation sites is 1. The van der Waals surface area contributed by atoms with Crippen LogP contribution in [0.3, 0.4) is 0 Å². The van der Waals surface area contributed by atoms with Gasteiger partial charge in [-0.15, -0.1) is 0 Å². The molecule has 2 unspecified atom stereocenters. The van der Waals surface area contributed by atoms with Gasteiger partial charge < -0.3 is 9.73 Å². The minimum atomic E-state index is -0.368. The summed E-state index contributed by atoms with van der Waals surface area (Å²) >= 11 is 0. The standard InChI is InChI=1S/C23H22N2O2/c1-15(22-14-18-9-4-6-13-21(18)27-22)24-16(2)23(26)25-20-12-7-10-17-8-3-5-11-19(17)20/h3-16,24H,1-2H3,(H,25,26). The highest BCUT2D eigenvalue weighted by atomic mass is 16.3. The van der Waals surface area contributed by atoms with E-state index in [1.165, 1.54) is 0 Å². The molecule has 136 valence electrons. The number of hydrogen-bond donors (Lipinski definition) is 2. The second kappa shape index (κ2) is 7.25. The molecule has 27 heavy (non-hydrogen) atoms. The molecule has 1 aromatic heterocycles. The van der Waals surface area contributed by atoms with E-state index in [4.69, 9.17) is 4.42 Å². The molecular weight excluding hydrogens is 336 g/mol. The number of fused-ring (bicyclic) bond motifs is 2. The van der Waals surface area contributed by atoms with Crippen molar-refractivity contribution in [2.24, 2.45) is 0 Å². The smallest absolute Gasteiger partial charge is 0.241 e. The van der Waals surface area contributed by atoms with Crippen molar-refractivity contribution < 1.29 is 9.21 Å². The van der Waals surface area contributed by atoms with Crippen molar-refractivity contribution in [2.75, 3.05) is 5.32 Å². The van der Waals surface area contributed by atoms with Crippen LogP contribution < -0.4 is 10.6 Å². The van der Waals surface area contributed by atoms with Crippen LogP contribution in [0.5, 0.6) is 0 Å². The van der Waals surface area contributed by atoms with Gasteiger partial charge in [0.05, 0.1) is 12.1 Å². The summed E-state index contributed by atoms with van der Waals surface area (Å²) in [5.74, 6) is 0.746. The molecule has 0 spiro atoms. The maximum absolute atomic E-state index is 12.7. The Morgan fingerprint density at radius 3 is 2.41 bits per heavy atom. The highest BCUT2D eigenvalue weighted by Crippen LogP contribution is 2.25. The summed E-state index contributed by atoms with van der Waals surface area (Å²) in [6, 6.07) is 23.4. The van der Waals surface area contributed by atoms with Crippen molar-refractivity contribution in [3.63, 3.8) is 0 Å². The number of benzene rings is 3. The van der Waals surface area contributed by atoms with Gasteiger partial charge in [0, 0.05) is 16.5 Å². The second-order valence-electron chi connectivity index (χ2n) is 6.81. The van der Waals surface area contributed by atoms with Crippen molar-refractivity contribution in [2.45, 2.75) is 25.9 Å². The number of hydrogen-bond acceptors (Lipinski definition) is 3. The first kappa shape index (κ1) is 17.3. The number of carbonyl (C=O) groups excluding carboxylic acids is 1. The molecule has 0 aliphatic rings. The lowest BCUT2D eigenvalue weighted by Gasteiger charge is -2.18. The van der Waals surface area contributed by atoms with Gasteiger partial charge in [0.2, 0.25) is 5.91 Å². The first-order valence-corrected chi connectivity index (χ1v) is 9.15. The summed E-state index contributed by atoms with van der Waals surface area (Å²) in [5, 5.41) is 9.56. The number of amides is 1. The van der Waals surface area contributed by atoms with E-state index < -0.39 is 0 Å². The molecule has 0 saturated carbocycles. The summed E-state index contributed by atoms with van der Waals surface area (Å²) in [4.78, 5) is 12.7. The van der Waals surface area contributed by atoms with Gasteiger partial charge in [0.15, 0.2) is 0 Å². The highest BCUT2D eigenvalue weighted by molar-refractivity contribution is 6.03. The summed E-state index contributed by atoms with van der Waals surface area (Å²) in [7, 11) is 0. The molecule has 2 atom stereocenters. The van der Waals surface area contributed by atoms with Crippen molar-refractivity contribution in [3.05, 3.63) is 78.6 Å². The molecule has 1 amide bonds. The van der Waals surface area contributed by atoms with E-state index in [1.807, 2.05) is 86.6 Å². The van der Waals surface area contributed by atoms with E-state index in [-0.39, 0.29) is 18.0 Å². The van der Waals surface area contributed by atoms with Crippen LogP contribution in [-0.4, -0.2) is 11.9 Å². The molecule has 0 radical (unpaired) electrons. The van der Waals surface area contributed by atoms with Gasteiger partial charge in [-0.2, -0.15) is 0 Å². The molecule has 4 nitrogen and oxygen atoms in total. The molecule has 0 aliphatic heterocycles. The monoisotopic (exact) mass is 358 g/mol. The van der Waals surface area contributed by atoms with Crippen molar-refractivity contribution in [3.8, 4) is 0 Å². The molecule has 0 saturated heterocycles. The van der Waals surface area contributed by atoms with Gasteiger partial charge in [0.1, 0.15) is 11.3 Å². The van der Waals surface area contributed by atoms with Gasteiger partial charge in [-0.1, -0.05) is 54.6 Å². The Hall–Kier alpha value is -3.11. The Morgan fingerprint density at radius 2 is 1.59 bits per heavy atom. The quantitative estimate of drug-likeness (QED) is 0.511. The maximum Gasteiger partial charge on any atom is 0.241 e. The SMILES string of the molecule is CC(NC(C)c1cc2ccccc2o1)C(=O)Nc1cccc2ccccc12. The summed E-state index contributed by atoms with van der Waals surface area (Å²) in [6.07, 6.45) is 0. The molecule has 2 N–H and O–H groups in total. The van der Waals surface area contributed by atoms with Crippen molar-refractivity contribution in [1.82, 2.24) is 5.32 Å². The van der Waals surface area contributed by atoms with E-state index in [9.17, 15) is 4.79 Å². The number of nitrogens with one attached hydrogen (secondary N) is 2. The van der Waals surface area contributed by atoms with Crippen molar-refractivity contribution >= 4 is 33.3 Å². The lowest BCUT2D eigenvalue weighted by atomic mass is 10.1. The van der Waals surface area contributed by atoms with Gasteiger partial charge >= 0.3 is 0 Å². The van der Waals surface area contributed by atoms with Gasteiger partial charge in [0.25, 0.3) is 0 Å². The van der Waals surface area contributed by atoms with E-state index in [0.29, 0.717) is 0 Å². The van der Waals surface area contributed by atoms with Crippen LogP contribution in [0, 0.1) is 0 Å². The van der Waals surface area contributed by atoms with E-state index in [1.54, 1.807) is 0 Å². The van der Waals surface area contributed by atoms with E-state index in [2.05, 4.69) is 10.6 Å². The topological polar surface area (TPSA) is 54.3 Å². The highest BCUT2D eigenvalue weighted by Gasteiger charge is 2.19. The van der Waals surface area contributed by atoms with Gasteiger partial charge in [-0.25, -0.2) is 0 Å². The summed E-state index contributed by atoms with van der Waals surface area (Å²) in [5.41, 5.74) is 1.68. The Bertz CT molecular complexity index is 1060. The van der Waals surface area contributed by atoms with Crippen LogP contribution >= 0.6 is 0 Å². The third-order valence-electron chi connectivity index (χ3n) is 4.81. The molecule has 4 aromatic rings. The minimum Gasteiger partial charge on any atom is -0.459 e. The van der Waals surface area contributed by atoms with Crippen LogP contribution in [0.25, 0.3) is 21.7 Å². The largest absolute Gasteiger partial charge is 0.459 e. The molecule has 0 aliphatic carbocycles. The first-order valence-electron chi connectivity index (χ1n) is 9.15. The Labute approximate surface area is 158 Å². The molecule has 3 aromatic carbocycles. The van der Waals surface area contributed by atoms with Gasteiger partial charge in [-0.05, 0) is 37.4 Å². The third kappa shape index (κ3) is 3.57. The zero-order valence-corrected chi connectivity index (χ0v) is 15.4. The number of anilines is 1. The predicted octanol–water partition coefficient (Wildman–Crippen LogP) is 5.26. The van der Waals surface area contributed by atoms with Crippen molar-refractivity contribution in [1.29, 1.82) is 0 Å².